The minimum Gasteiger partial charge on any atom is -0.346 e. The maximum atomic E-state index is 13.9. The minimum atomic E-state index is -0.385. The van der Waals surface area contributed by atoms with Crippen molar-refractivity contribution < 1.29 is 9.59 Å². The zero-order valence-electron chi connectivity index (χ0n) is 22.6. The van der Waals surface area contributed by atoms with Crippen molar-refractivity contribution in [2.75, 3.05) is 10.2 Å². The number of nitrogens with one attached hydrogen (secondary N) is 1. The van der Waals surface area contributed by atoms with Crippen LogP contribution in [0.5, 0.6) is 0 Å². The van der Waals surface area contributed by atoms with Gasteiger partial charge in [0.25, 0.3) is 11.8 Å². The van der Waals surface area contributed by atoms with Crippen LogP contribution in [-0.2, 0) is 4.79 Å². The highest BCUT2D eigenvalue weighted by Gasteiger charge is 2.36. The molecule has 0 radical (unpaired) electrons. The number of hydrogen-bond donors (Lipinski definition) is 1. The van der Waals surface area contributed by atoms with Crippen LogP contribution in [0.15, 0.2) is 109 Å². The third kappa shape index (κ3) is 4.50. The highest BCUT2D eigenvalue weighted by Crippen LogP contribution is 2.33. The standard InChI is InChI=1S/C34H28N4O2/c1-22-13-16-25(17-14-22)31-20-32(38(36-31)26-9-5-4-6-10-26)35-21-30-28-11-7-8-12-29(28)33(39)37(34(30)40)27-18-15-23(2)24(3)19-27/h4-21,35H,1-3H3. The van der Waals surface area contributed by atoms with Gasteiger partial charge in [-0.1, -0.05) is 72.3 Å². The molecule has 0 fully saturated rings. The molecular weight excluding hydrogens is 496 g/mol. The van der Waals surface area contributed by atoms with E-state index in [-0.39, 0.29) is 11.8 Å². The number of anilines is 2. The third-order valence-electron chi connectivity index (χ3n) is 7.25. The van der Waals surface area contributed by atoms with E-state index in [0.717, 1.165) is 28.1 Å². The summed E-state index contributed by atoms with van der Waals surface area (Å²) in [6, 6.07) is 32.8. The van der Waals surface area contributed by atoms with Crippen LogP contribution < -0.4 is 10.2 Å². The van der Waals surface area contributed by atoms with Gasteiger partial charge in [0.2, 0.25) is 0 Å². The lowest BCUT2D eigenvalue weighted by Gasteiger charge is -2.29. The third-order valence-corrected chi connectivity index (χ3v) is 7.25. The lowest BCUT2D eigenvalue weighted by Crippen LogP contribution is -2.42. The van der Waals surface area contributed by atoms with E-state index in [4.69, 9.17) is 5.10 Å². The Hall–Kier alpha value is -5.23. The highest BCUT2D eigenvalue weighted by molar-refractivity contribution is 6.41. The molecule has 0 saturated carbocycles. The van der Waals surface area contributed by atoms with Crippen molar-refractivity contribution in [1.29, 1.82) is 0 Å². The van der Waals surface area contributed by atoms with Gasteiger partial charge in [0, 0.05) is 29.0 Å². The predicted molar refractivity (Wildman–Crippen MR) is 160 cm³/mol. The van der Waals surface area contributed by atoms with Crippen molar-refractivity contribution in [3.63, 3.8) is 0 Å². The van der Waals surface area contributed by atoms with Crippen LogP contribution in [0, 0.1) is 20.8 Å². The van der Waals surface area contributed by atoms with Gasteiger partial charge < -0.3 is 5.32 Å². The molecule has 0 unspecified atom stereocenters. The normalized spacial score (nSPS) is 14.0. The van der Waals surface area contributed by atoms with E-state index in [1.54, 1.807) is 12.3 Å². The Balaban J connectivity index is 1.44. The average Bonchev–Trinajstić information content (AvgIpc) is 3.40. The van der Waals surface area contributed by atoms with E-state index < -0.39 is 0 Å². The number of carbonyl (C=O) groups is 2. The van der Waals surface area contributed by atoms with Crippen molar-refractivity contribution in [3.05, 3.63) is 137 Å². The van der Waals surface area contributed by atoms with Crippen LogP contribution in [0.4, 0.5) is 11.5 Å². The molecule has 0 bridgehead atoms. The Kier molecular flexibility index (Phi) is 6.36. The van der Waals surface area contributed by atoms with Crippen LogP contribution in [0.1, 0.15) is 32.6 Å². The molecular formula is C34H28N4O2. The summed E-state index contributed by atoms with van der Waals surface area (Å²) in [5.41, 5.74) is 7.96. The number of para-hydroxylation sites is 1. The molecule has 0 saturated heterocycles. The minimum absolute atomic E-state index is 0.336. The summed E-state index contributed by atoms with van der Waals surface area (Å²) in [6.45, 7) is 6.03. The van der Waals surface area contributed by atoms with E-state index >= 15 is 0 Å². The van der Waals surface area contributed by atoms with Crippen LogP contribution in [0.3, 0.4) is 0 Å². The lowest BCUT2D eigenvalue weighted by atomic mass is 9.93. The Labute approximate surface area is 233 Å². The topological polar surface area (TPSA) is 67.2 Å². The summed E-state index contributed by atoms with van der Waals surface area (Å²) < 4.78 is 1.82. The van der Waals surface area contributed by atoms with Crippen LogP contribution in [-0.4, -0.2) is 21.6 Å². The molecule has 2 heterocycles. The fourth-order valence-corrected chi connectivity index (χ4v) is 4.85. The van der Waals surface area contributed by atoms with Crippen molar-refractivity contribution in [1.82, 2.24) is 9.78 Å². The Morgan fingerprint density at radius 2 is 1.38 bits per heavy atom. The maximum Gasteiger partial charge on any atom is 0.267 e. The number of hydrogen-bond acceptors (Lipinski definition) is 4. The summed E-state index contributed by atoms with van der Waals surface area (Å²) in [5, 5.41) is 8.22. The molecule has 0 spiro atoms. The molecule has 6 heteroatoms. The summed E-state index contributed by atoms with van der Waals surface area (Å²) in [5.74, 6) is -0.0323. The molecule has 196 valence electrons. The van der Waals surface area contributed by atoms with Gasteiger partial charge >= 0.3 is 0 Å². The van der Waals surface area contributed by atoms with Crippen LogP contribution in [0.25, 0.3) is 22.5 Å². The van der Waals surface area contributed by atoms with Crippen molar-refractivity contribution in [3.8, 4) is 16.9 Å². The average molecular weight is 525 g/mol. The number of aryl methyl sites for hydroxylation is 3. The number of carbonyl (C=O) groups excluding carboxylic acids is 2. The second-order valence-corrected chi connectivity index (χ2v) is 9.99. The fourth-order valence-electron chi connectivity index (χ4n) is 4.85. The van der Waals surface area contributed by atoms with Gasteiger partial charge in [0.15, 0.2) is 0 Å². The molecule has 4 aromatic carbocycles. The first-order valence-electron chi connectivity index (χ1n) is 13.2. The van der Waals surface area contributed by atoms with Crippen LogP contribution >= 0.6 is 0 Å². The molecule has 6 nitrogen and oxygen atoms in total. The molecule has 2 amide bonds. The molecule has 1 aromatic heterocycles. The van der Waals surface area contributed by atoms with Crippen LogP contribution in [0.2, 0.25) is 0 Å². The van der Waals surface area contributed by atoms with Gasteiger partial charge in [-0.05, 0) is 62.2 Å². The van der Waals surface area contributed by atoms with E-state index in [2.05, 4.69) is 24.4 Å². The molecule has 1 aliphatic rings. The molecule has 0 atom stereocenters. The highest BCUT2D eigenvalue weighted by atomic mass is 16.2. The summed E-state index contributed by atoms with van der Waals surface area (Å²) in [6.07, 6.45) is 1.68. The van der Waals surface area contributed by atoms with Gasteiger partial charge in [0.05, 0.1) is 22.6 Å². The Morgan fingerprint density at radius 1 is 0.675 bits per heavy atom. The molecule has 40 heavy (non-hydrogen) atoms. The number of nitrogens with zero attached hydrogens (tertiary/aromatic N) is 3. The Bertz CT molecular complexity index is 1780. The van der Waals surface area contributed by atoms with E-state index in [9.17, 15) is 9.59 Å². The van der Waals surface area contributed by atoms with Gasteiger partial charge in [-0.25, -0.2) is 9.58 Å². The fraction of sp³-hybridized carbons (Fsp3) is 0.0882. The second-order valence-electron chi connectivity index (χ2n) is 9.99. The zero-order valence-corrected chi connectivity index (χ0v) is 22.6. The first-order valence-corrected chi connectivity index (χ1v) is 13.2. The Morgan fingerprint density at radius 3 is 2.10 bits per heavy atom. The number of benzene rings is 4. The van der Waals surface area contributed by atoms with Crippen molar-refractivity contribution in [2.24, 2.45) is 0 Å². The van der Waals surface area contributed by atoms with Crippen molar-refractivity contribution >= 4 is 28.9 Å². The number of rotatable bonds is 5. The number of amides is 2. The molecule has 1 N–H and O–H groups in total. The second kappa shape index (κ2) is 10.2. The predicted octanol–water partition coefficient (Wildman–Crippen LogP) is 7.10. The zero-order chi connectivity index (χ0) is 27.8. The van der Waals surface area contributed by atoms with Gasteiger partial charge in [0.1, 0.15) is 5.82 Å². The van der Waals surface area contributed by atoms with Gasteiger partial charge in [-0.2, -0.15) is 5.10 Å². The molecule has 0 aliphatic carbocycles. The van der Waals surface area contributed by atoms with Gasteiger partial charge in [-0.3, -0.25) is 9.59 Å². The summed E-state index contributed by atoms with van der Waals surface area (Å²) in [7, 11) is 0. The van der Waals surface area contributed by atoms with E-state index in [1.165, 1.54) is 10.5 Å². The largest absolute Gasteiger partial charge is 0.346 e. The summed E-state index contributed by atoms with van der Waals surface area (Å²) in [4.78, 5) is 28.7. The van der Waals surface area contributed by atoms with Gasteiger partial charge in [-0.15, -0.1) is 0 Å². The quantitative estimate of drug-likeness (QED) is 0.197. The number of imide groups is 1. The first-order chi connectivity index (χ1) is 19.4. The molecule has 5 aromatic rings. The summed E-state index contributed by atoms with van der Waals surface area (Å²) >= 11 is 0. The molecule has 6 rings (SSSR count). The smallest absolute Gasteiger partial charge is 0.267 e. The van der Waals surface area contributed by atoms with E-state index in [0.29, 0.717) is 28.2 Å². The SMILES string of the molecule is Cc1ccc(-c2cc(NC=C3C(=O)N(c4ccc(C)c(C)c4)C(=O)c4ccccc43)n(-c3ccccc3)n2)cc1. The molecule has 1 aliphatic heterocycles. The van der Waals surface area contributed by atoms with Crippen molar-refractivity contribution in [2.45, 2.75) is 20.8 Å². The van der Waals surface area contributed by atoms with E-state index in [1.807, 2.05) is 103 Å². The maximum absolute atomic E-state index is 13.9. The number of aromatic nitrogens is 2. The lowest BCUT2D eigenvalue weighted by molar-refractivity contribution is -0.112. The number of fused-ring (bicyclic) bond motifs is 1. The first kappa shape index (κ1) is 25.1. The monoisotopic (exact) mass is 524 g/mol.